The number of carbonyl (C=O) groups is 1. The Bertz CT molecular complexity index is 178. The second-order valence-electron chi connectivity index (χ2n) is 3.72. The minimum atomic E-state index is -0.424. The molecule has 0 unspecified atom stereocenters. The maximum atomic E-state index is 11.1. The first-order chi connectivity index (χ1) is 4.84. The van der Waals surface area contributed by atoms with E-state index in [9.17, 15) is 4.79 Å². The van der Waals surface area contributed by atoms with Gasteiger partial charge in [-0.25, -0.2) is 4.58 Å². The lowest BCUT2D eigenvalue weighted by atomic mass is 9.98. The number of hydrogen-bond acceptors (Lipinski definition) is 2. The molecule has 4 heteroatoms. The molecule has 0 fully saturated rings. The molecule has 0 radical (unpaired) electrons. The number of ether oxygens (including phenoxy) is 1. The number of carbonyl (C=O) groups excluding carboxylic acids is 1. The third kappa shape index (κ3) is 6.16. The van der Waals surface area contributed by atoms with E-state index in [1.165, 1.54) is 6.40 Å². The second kappa shape index (κ2) is 5.14. The Hall–Kier alpha value is -0.570. The predicted octanol–water partition coefficient (Wildman–Crippen LogP) is -2.12. The van der Waals surface area contributed by atoms with Crippen molar-refractivity contribution in [2.24, 2.45) is 5.41 Å². The minimum Gasteiger partial charge on any atom is -1.00 e. The normalized spacial score (nSPS) is 9.75. The van der Waals surface area contributed by atoms with Crippen molar-refractivity contribution < 1.29 is 26.5 Å². The van der Waals surface area contributed by atoms with Gasteiger partial charge in [-0.15, -0.1) is 0 Å². The first kappa shape index (κ1) is 14.0. The van der Waals surface area contributed by atoms with Crippen LogP contribution >= 0.6 is 0 Å². The summed E-state index contributed by atoms with van der Waals surface area (Å²) in [6.07, 6.45) is 1.40. The molecule has 0 saturated carbocycles. The molecule has 3 nitrogen and oxygen atoms in total. The molecule has 0 bridgehead atoms. The van der Waals surface area contributed by atoms with Crippen LogP contribution in [-0.2, 0) is 9.53 Å². The summed E-state index contributed by atoms with van der Waals surface area (Å²) in [5, 5.41) is 0. The van der Waals surface area contributed by atoms with Crippen LogP contribution in [0.2, 0.25) is 0 Å². The first-order valence-electron chi connectivity index (χ1n) is 3.55. The zero-order valence-corrected chi connectivity index (χ0v) is 8.97. The lowest BCUT2D eigenvalue weighted by molar-refractivity contribution is -0.467. The maximum absolute atomic E-state index is 11.1. The quantitative estimate of drug-likeness (QED) is 0.206. The highest BCUT2D eigenvalue weighted by Gasteiger charge is 2.23. The molecule has 0 aliphatic rings. The summed E-state index contributed by atoms with van der Waals surface area (Å²) in [6, 6.07) is 0. The van der Waals surface area contributed by atoms with E-state index in [1.54, 1.807) is 18.7 Å². The van der Waals surface area contributed by atoms with Crippen molar-refractivity contribution in [3.05, 3.63) is 0 Å². The van der Waals surface area contributed by atoms with Gasteiger partial charge in [-0.05, 0) is 20.8 Å². The van der Waals surface area contributed by atoms with Crippen molar-refractivity contribution in [1.29, 1.82) is 0 Å². The minimum absolute atomic E-state index is 0. The van der Waals surface area contributed by atoms with Crippen molar-refractivity contribution in [3.8, 4) is 0 Å². The van der Waals surface area contributed by atoms with Crippen LogP contribution in [0.5, 0.6) is 0 Å². The average Bonchev–Trinajstić information content (AvgIpc) is 1.80. The van der Waals surface area contributed by atoms with Gasteiger partial charge in [-0.3, -0.25) is 4.79 Å². The Kier molecular flexibility index (Phi) is 5.99. The number of nitrogens with zero attached hydrogens (tertiary/aromatic N) is 1. The molecular weight excluding hydrogens is 178 g/mol. The summed E-state index contributed by atoms with van der Waals surface area (Å²) < 4.78 is 6.51. The summed E-state index contributed by atoms with van der Waals surface area (Å²) in [5.41, 5.74) is -0.424. The van der Waals surface area contributed by atoms with Crippen LogP contribution in [0.4, 0.5) is 0 Å². The van der Waals surface area contributed by atoms with E-state index in [4.69, 9.17) is 4.74 Å². The van der Waals surface area contributed by atoms with E-state index < -0.39 is 5.41 Å². The van der Waals surface area contributed by atoms with Crippen molar-refractivity contribution in [2.45, 2.75) is 20.8 Å². The molecule has 0 aromatic heterocycles. The van der Waals surface area contributed by atoms with Gasteiger partial charge < -0.3 is 17.1 Å². The van der Waals surface area contributed by atoms with Crippen molar-refractivity contribution in [1.82, 2.24) is 0 Å². The summed E-state index contributed by atoms with van der Waals surface area (Å²) >= 11 is 0. The zero-order valence-electron chi connectivity index (χ0n) is 8.22. The second-order valence-corrected chi connectivity index (χ2v) is 3.72. The maximum Gasteiger partial charge on any atom is 0.331 e. The molecule has 0 heterocycles. The van der Waals surface area contributed by atoms with Crippen LogP contribution in [0.1, 0.15) is 20.8 Å². The van der Waals surface area contributed by atoms with Crippen molar-refractivity contribution >= 4 is 12.4 Å². The van der Waals surface area contributed by atoms with Gasteiger partial charge in [0.15, 0.2) is 0 Å². The predicted molar refractivity (Wildman–Crippen MR) is 43.7 cm³/mol. The number of rotatable bonds is 1. The molecule has 0 N–H and O–H groups in total. The number of esters is 1. The Morgan fingerprint density at radius 1 is 1.33 bits per heavy atom. The smallest absolute Gasteiger partial charge is 0.331 e. The summed E-state index contributed by atoms with van der Waals surface area (Å²) in [4.78, 5) is 11.1. The highest BCUT2D eigenvalue weighted by molar-refractivity contribution is 5.81. The molecule has 0 spiro atoms. The van der Waals surface area contributed by atoms with E-state index >= 15 is 0 Å². The third-order valence-electron chi connectivity index (χ3n) is 0.983. The molecule has 0 aliphatic heterocycles. The molecule has 0 amide bonds. The van der Waals surface area contributed by atoms with E-state index in [0.717, 1.165) is 0 Å². The van der Waals surface area contributed by atoms with E-state index in [1.807, 2.05) is 20.8 Å². The topological polar surface area (TPSA) is 29.3 Å². The van der Waals surface area contributed by atoms with E-state index in [0.29, 0.717) is 0 Å². The van der Waals surface area contributed by atoms with Gasteiger partial charge in [-0.1, -0.05) is 0 Å². The summed E-state index contributed by atoms with van der Waals surface area (Å²) in [6.45, 7) is 5.45. The molecule has 12 heavy (non-hydrogen) atoms. The summed E-state index contributed by atoms with van der Waals surface area (Å²) in [5.74, 6) is -0.216. The SMILES string of the molecule is C[N+](C)=COC(=O)C(C)(C)C.[Cl-]. The molecule has 0 aliphatic carbocycles. The van der Waals surface area contributed by atoms with Crippen LogP contribution in [0.25, 0.3) is 0 Å². The average molecular weight is 194 g/mol. The first-order valence-corrected chi connectivity index (χ1v) is 3.55. The van der Waals surface area contributed by atoms with Gasteiger partial charge in [0.25, 0.3) is 0 Å². The summed E-state index contributed by atoms with van der Waals surface area (Å²) in [7, 11) is 3.60. The number of halogens is 1. The van der Waals surface area contributed by atoms with Gasteiger partial charge in [0, 0.05) is 0 Å². The standard InChI is InChI=1S/C8H16NO2.ClH/c1-8(2,3)7(10)11-6-9(4)5;/h6H,1-5H3;1H/q+1;/p-1. The molecule has 72 valence electrons. The fourth-order valence-electron chi connectivity index (χ4n) is 0.330. The Balaban J connectivity index is 0. The lowest BCUT2D eigenvalue weighted by Crippen LogP contribution is -3.00. The van der Waals surface area contributed by atoms with Gasteiger partial charge >= 0.3 is 12.4 Å². The van der Waals surface area contributed by atoms with Crippen LogP contribution in [-0.4, -0.2) is 31.0 Å². The molecular formula is C8H16ClNO2. The molecule has 0 aromatic carbocycles. The van der Waals surface area contributed by atoms with Gasteiger partial charge in [0.2, 0.25) is 0 Å². The molecule has 0 aromatic rings. The lowest BCUT2D eigenvalue weighted by Gasteiger charge is -2.12. The van der Waals surface area contributed by atoms with Crippen LogP contribution in [0.15, 0.2) is 0 Å². The Morgan fingerprint density at radius 3 is 2.00 bits per heavy atom. The van der Waals surface area contributed by atoms with Gasteiger partial charge in [0.05, 0.1) is 5.41 Å². The molecule has 0 saturated heterocycles. The van der Waals surface area contributed by atoms with Crippen LogP contribution in [0.3, 0.4) is 0 Å². The van der Waals surface area contributed by atoms with Crippen LogP contribution in [0, 0.1) is 5.41 Å². The fraction of sp³-hybridized carbons (Fsp3) is 0.750. The van der Waals surface area contributed by atoms with E-state index in [2.05, 4.69) is 0 Å². The van der Waals surface area contributed by atoms with Crippen molar-refractivity contribution in [3.63, 3.8) is 0 Å². The number of hydrogen-bond donors (Lipinski definition) is 0. The molecule has 0 rings (SSSR count). The van der Waals surface area contributed by atoms with Gasteiger partial charge in [0.1, 0.15) is 14.1 Å². The fourth-order valence-corrected chi connectivity index (χ4v) is 0.330. The largest absolute Gasteiger partial charge is 1.00 e. The van der Waals surface area contributed by atoms with Crippen molar-refractivity contribution in [2.75, 3.05) is 14.1 Å². The van der Waals surface area contributed by atoms with Crippen LogP contribution < -0.4 is 12.4 Å². The van der Waals surface area contributed by atoms with Gasteiger partial charge in [-0.2, -0.15) is 0 Å². The third-order valence-corrected chi connectivity index (χ3v) is 0.983. The molecule has 0 atom stereocenters. The Labute approximate surface area is 79.8 Å². The highest BCUT2D eigenvalue weighted by atomic mass is 35.5. The highest BCUT2D eigenvalue weighted by Crippen LogP contribution is 2.13. The zero-order chi connectivity index (χ0) is 9.07. The van der Waals surface area contributed by atoms with E-state index in [-0.39, 0.29) is 18.4 Å². The monoisotopic (exact) mass is 193 g/mol. The Morgan fingerprint density at radius 2 is 1.75 bits per heavy atom.